The minimum absolute atomic E-state index is 0.198. The zero-order chi connectivity index (χ0) is 12.0. The first-order chi connectivity index (χ1) is 7.51. The Bertz CT molecular complexity index is 463. The molecule has 0 aliphatic carbocycles. The van der Waals surface area contributed by atoms with Crippen LogP contribution < -0.4 is 0 Å². The normalized spacial score (nSPS) is 11.9. The van der Waals surface area contributed by atoms with Gasteiger partial charge in [-0.15, -0.1) is 0 Å². The van der Waals surface area contributed by atoms with Gasteiger partial charge in [-0.2, -0.15) is 5.26 Å². The van der Waals surface area contributed by atoms with Crippen LogP contribution in [-0.2, 0) is 16.3 Å². The van der Waals surface area contributed by atoms with Gasteiger partial charge in [0, 0.05) is 16.7 Å². The minimum Gasteiger partial charge on any atom is -0.430 e. The van der Waals surface area contributed by atoms with E-state index in [2.05, 4.69) is 16.3 Å². The van der Waals surface area contributed by atoms with Crippen LogP contribution in [0.1, 0.15) is 0 Å². The summed E-state index contributed by atoms with van der Waals surface area (Å²) in [6.45, 7) is -3.75. The molecule has 0 atom stereocenters. The molecule has 0 spiro atoms. The molecule has 2 N–H and O–H groups in total. The van der Waals surface area contributed by atoms with E-state index < -0.39 is 6.72 Å². The van der Waals surface area contributed by atoms with Gasteiger partial charge in [0.05, 0.1) is 0 Å². The van der Waals surface area contributed by atoms with Crippen molar-refractivity contribution in [2.45, 2.75) is 4.90 Å². The predicted octanol–water partition coefficient (Wildman–Crippen LogP) is 2.37. The van der Waals surface area contributed by atoms with Crippen LogP contribution in [0.2, 0.25) is 0 Å². The van der Waals surface area contributed by atoms with Crippen molar-refractivity contribution in [1.82, 2.24) is 0 Å². The van der Waals surface area contributed by atoms with Gasteiger partial charge in [0.1, 0.15) is 17.2 Å². The zero-order valence-electron chi connectivity index (χ0n) is 7.98. The Morgan fingerprint density at radius 2 is 2.06 bits per heavy atom. The smallest absolute Gasteiger partial charge is 0.374 e. The molecule has 0 saturated heterocycles. The zero-order valence-corrected chi connectivity index (χ0v) is 10.5. The fraction of sp³-hybridized carbons (Fsp3) is 0. The van der Waals surface area contributed by atoms with E-state index in [1.54, 1.807) is 0 Å². The maximum atomic E-state index is 8.82. The van der Waals surface area contributed by atoms with E-state index in [4.69, 9.17) is 15.0 Å². The molecule has 4 nitrogen and oxygen atoms in total. The summed E-state index contributed by atoms with van der Waals surface area (Å²) in [7, 11) is 0. The summed E-state index contributed by atoms with van der Waals surface area (Å²) in [5.41, 5.74) is 0. The van der Waals surface area contributed by atoms with Gasteiger partial charge in [-0.05, 0) is 12.1 Å². The molecule has 0 radical (unpaired) electrons. The molecule has 0 heterocycles. The van der Waals surface area contributed by atoms with E-state index in [0.29, 0.717) is 0 Å². The van der Waals surface area contributed by atoms with Gasteiger partial charge >= 0.3 is 6.72 Å². The van der Waals surface area contributed by atoms with Crippen molar-refractivity contribution in [3.63, 3.8) is 0 Å². The Morgan fingerprint density at radius 3 is 2.56 bits per heavy atom. The van der Waals surface area contributed by atoms with Crippen LogP contribution in [0.3, 0.4) is 0 Å². The highest BCUT2D eigenvalue weighted by molar-refractivity contribution is 8.06. The molecular weight excluding hydrogens is 265 g/mol. The average molecular weight is 273 g/mol. The SMILES string of the molecule is N#C/C(=C\OP(O)(O)=S)Sc1ccccc1. The summed E-state index contributed by atoms with van der Waals surface area (Å²) in [5, 5.41) is 8.78. The number of rotatable bonds is 4. The van der Waals surface area contributed by atoms with E-state index in [0.717, 1.165) is 22.9 Å². The number of hydrogen-bond acceptors (Lipinski definition) is 4. The summed E-state index contributed by atoms with van der Waals surface area (Å²) in [6, 6.07) is 11.0. The lowest BCUT2D eigenvalue weighted by molar-refractivity contribution is 0.338. The van der Waals surface area contributed by atoms with E-state index >= 15 is 0 Å². The first-order valence-electron chi connectivity index (χ1n) is 4.08. The monoisotopic (exact) mass is 273 g/mol. The fourth-order valence-electron chi connectivity index (χ4n) is 0.805. The summed E-state index contributed by atoms with van der Waals surface area (Å²) in [5.74, 6) is 0. The van der Waals surface area contributed by atoms with Crippen LogP contribution in [0, 0.1) is 11.3 Å². The summed E-state index contributed by atoms with van der Waals surface area (Å²) < 4.78 is 4.49. The van der Waals surface area contributed by atoms with E-state index in [-0.39, 0.29) is 4.91 Å². The number of nitrogens with zero attached hydrogens (tertiary/aromatic N) is 1. The molecule has 1 rings (SSSR count). The van der Waals surface area contributed by atoms with Crippen molar-refractivity contribution in [1.29, 1.82) is 5.26 Å². The van der Waals surface area contributed by atoms with Gasteiger partial charge in [0.25, 0.3) is 0 Å². The third kappa shape index (κ3) is 5.31. The molecule has 0 saturated carbocycles. The standard InChI is InChI=1S/C9H8NO3PS2/c10-6-9(7-13-14(11,12)15)16-8-4-2-1-3-5-8/h1-5,7H,(H2,11,12,15)/b9-7+. The molecule has 0 amide bonds. The molecule has 16 heavy (non-hydrogen) atoms. The Morgan fingerprint density at radius 1 is 1.44 bits per heavy atom. The molecule has 0 bridgehead atoms. The summed E-state index contributed by atoms with van der Waals surface area (Å²) in [6.07, 6.45) is 0.971. The highest BCUT2D eigenvalue weighted by Gasteiger charge is 2.07. The highest BCUT2D eigenvalue weighted by atomic mass is 32.5. The van der Waals surface area contributed by atoms with Crippen LogP contribution in [0.4, 0.5) is 0 Å². The van der Waals surface area contributed by atoms with Gasteiger partial charge in [-0.3, -0.25) is 0 Å². The number of nitriles is 1. The quantitative estimate of drug-likeness (QED) is 0.380. The lowest BCUT2D eigenvalue weighted by Gasteiger charge is -2.05. The van der Waals surface area contributed by atoms with E-state index in [1.165, 1.54) is 0 Å². The molecule has 0 aliphatic heterocycles. The summed E-state index contributed by atoms with van der Waals surface area (Å²) >= 11 is 5.41. The maximum absolute atomic E-state index is 8.82. The molecule has 0 aromatic heterocycles. The second kappa shape index (κ2) is 6.04. The Labute approximate surface area is 102 Å². The van der Waals surface area contributed by atoms with Crippen molar-refractivity contribution in [2.24, 2.45) is 0 Å². The van der Waals surface area contributed by atoms with Gasteiger partial charge < -0.3 is 14.3 Å². The third-order valence-electron chi connectivity index (χ3n) is 1.38. The van der Waals surface area contributed by atoms with Gasteiger partial charge in [0.15, 0.2) is 0 Å². The minimum atomic E-state index is -3.75. The topological polar surface area (TPSA) is 73.5 Å². The molecule has 84 valence electrons. The summed E-state index contributed by atoms with van der Waals surface area (Å²) in [4.78, 5) is 18.7. The Balaban J connectivity index is 2.71. The Hall–Kier alpha value is -0.830. The van der Waals surface area contributed by atoms with Crippen LogP contribution >= 0.6 is 18.5 Å². The van der Waals surface area contributed by atoms with E-state index in [1.807, 2.05) is 36.4 Å². The number of thioether (sulfide) groups is 1. The van der Waals surface area contributed by atoms with E-state index in [9.17, 15) is 0 Å². The second-order valence-corrected chi connectivity index (χ2v) is 6.34. The largest absolute Gasteiger partial charge is 0.430 e. The molecule has 0 aliphatic rings. The first-order valence-corrected chi connectivity index (χ1v) is 7.52. The van der Waals surface area contributed by atoms with Crippen molar-refractivity contribution >= 4 is 30.3 Å². The van der Waals surface area contributed by atoms with Gasteiger partial charge in [-0.1, -0.05) is 30.0 Å². The Kier molecular flexibility index (Phi) is 5.00. The van der Waals surface area contributed by atoms with Crippen LogP contribution in [-0.4, -0.2) is 9.79 Å². The maximum Gasteiger partial charge on any atom is 0.374 e. The van der Waals surface area contributed by atoms with Crippen LogP contribution in [0.5, 0.6) is 0 Å². The third-order valence-corrected chi connectivity index (χ3v) is 2.93. The average Bonchev–Trinajstić information content (AvgIpc) is 2.24. The van der Waals surface area contributed by atoms with Crippen LogP contribution in [0.25, 0.3) is 0 Å². The van der Waals surface area contributed by atoms with Gasteiger partial charge in [-0.25, -0.2) is 0 Å². The van der Waals surface area contributed by atoms with Crippen molar-refractivity contribution in [3.05, 3.63) is 41.5 Å². The molecule has 7 heteroatoms. The molecule has 0 fully saturated rings. The lowest BCUT2D eigenvalue weighted by Crippen LogP contribution is -1.81. The molecule has 1 aromatic carbocycles. The lowest BCUT2D eigenvalue weighted by atomic mass is 10.4. The molecule has 1 aromatic rings. The molecular formula is C9H8NO3PS2. The van der Waals surface area contributed by atoms with Crippen molar-refractivity contribution in [3.8, 4) is 6.07 Å². The highest BCUT2D eigenvalue weighted by Crippen LogP contribution is 2.38. The van der Waals surface area contributed by atoms with Crippen molar-refractivity contribution in [2.75, 3.05) is 0 Å². The van der Waals surface area contributed by atoms with Crippen LogP contribution in [0.15, 0.2) is 46.4 Å². The fourth-order valence-corrected chi connectivity index (χ4v) is 1.94. The number of benzene rings is 1. The van der Waals surface area contributed by atoms with Gasteiger partial charge in [0.2, 0.25) is 0 Å². The molecule has 0 unspecified atom stereocenters. The first kappa shape index (κ1) is 13.2. The van der Waals surface area contributed by atoms with Crippen molar-refractivity contribution < 1.29 is 14.3 Å². The number of allylic oxidation sites excluding steroid dienone is 1. The second-order valence-electron chi connectivity index (χ2n) is 2.61. The predicted molar refractivity (Wildman–Crippen MR) is 65.8 cm³/mol. The number of hydrogen-bond donors (Lipinski definition) is 2.